The molecule has 92 valence electrons. The van der Waals surface area contributed by atoms with Gasteiger partial charge >= 0.3 is 0 Å². The molecule has 0 aliphatic rings. The number of benzene rings is 1. The second-order valence-electron chi connectivity index (χ2n) is 3.64. The number of amides is 2. The highest BCUT2D eigenvalue weighted by Gasteiger charge is 2.14. The van der Waals surface area contributed by atoms with Crippen molar-refractivity contribution in [2.45, 2.75) is 18.8 Å². The number of hydrogen-bond donors (Lipinski definition) is 2. The van der Waals surface area contributed by atoms with Gasteiger partial charge in [0.05, 0.1) is 0 Å². The molecule has 1 aromatic rings. The van der Waals surface area contributed by atoms with Gasteiger partial charge < -0.3 is 10.6 Å². The lowest BCUT2D eigenvalue weighted by Gasteiger charge is -2.12. The van der Waals surface area contributed by atoms with E-state index in [4.69, 9.17) is 11.6 Å². The van der Waals surface area contributed by atoms with E-state index in [0.717, 1.165) is 5.56 Å². The summed E-state index contributed by atoms with van der Waals surface area (Å²) in [4.78, 5) is 23.0. The number of carbonyl (C=O) groups is 2. The first kappa shape index (κ1) is 13.5. The Labute approximate surface area is 105 Å². The van der Waals surface area contributed by atoms with Crippen molar-refractivity contribution in [2.24, 2.45) is 0 Å². The third kappa shape index (κ3) is 3.75. The molecule has 1 unspecified atom stereocenters. The Bertz CT molecular complexity index is 403. The van der Waals surface area contributed by atoms with Gasteiger partial charge in [-0.25, -0.2) is 0 Å². The SMILES string of the molecule is CNC(=O)C(C)NC(=O)c1ccc(CCl)cc1. The summed E-state index contributed by atoms with van der Waals surface area (Å²) in [6.07, 6.45) is 0. The monoisotopic (exact) mass is 254 g/mol. The zero-order valence-corrected chi connectivity index (χ0v) is 10.5. The van der Waals surface area contributed by atoms with E-state index in [2.05, 4.69) is 10.6 Å². The molecule has 0 heterocycles. The highest BCUT2D eigenvalue weighted by molar-refractivity contribution is 6.17. The Hall–Kier alpha value is -1.55. The van der Waals surface area contributed by atoms with Gasteiger partial charge in [-0.2, -0.15) is 0 Å². The van der Waals surface area contributed by atoms with E-state index in [-0.39, 0.29) is 11.8 Å². The largest absolute Gasteiger partial charge is 0.357 e. The normalized spacial score (nSPS) is 11.7. The van der Waals surface area contributed by atoms with Gasteiger partial charge in [-0.1, -0.05) is 12.1 Å². The molecule has 0 radical (unpaired) electrons. The number of carbonyl (C=O) groups excluding carboxylic acids is 2. The molecule has 0 aliphatic heterocycles. The van der Waals surface area contributed by atoms with Crippen LogP contribution in [0.15, 0.2) is 24.3 Å². The molecular weight excluding hydrogens is 240 g/mol. The van der Waals surface area contributed by atoms with Crippen molar-refractivity contribution < 1.29 is 9.59 Å². The number of nitrogens with one attached hydrogen (secondary N) is 2. The summed E-state index contributed by atoms with van der Waals surface area (Å²) in [6.45, 7) is 1.63. The van der Waals surface area contributed by atoms with Crippen LogP contribution in [-0.2, 0) is 10.7 Å². The lowest BCUT2D eigenvalue weighted by Crippen LogP contribution is -2.43. The summed E-state index contributed by atoms with van der Waals surface area (Å²) in [7, 11) is 1.53. The van der Waals surface area contributed by atoms with Crippen molar-refractivity contribution in [3.63, 3.8) is 0 Å². The van der Waals surface area contributed by atoms with Gasteiger partial charge in [0.25, 0.3) is 5.91 Å². The number of halogens is 1. The van der Waals surface area contributed by atoms with Gasteiger partial charge in [-0.15, -0.1) is 11.6 Å². The third-order valence-corrected chi connectivity index (χ3v) is 2.67. The maximum absolute atomic E-state index is 11.8. The Balaban J connectivity index is 2.66. The molecule has 1 rings (SSSR count). The zero-order valence-electron chi connectivity index (χ0n) is 9.79. The van der Waals surface area contributed by atoms with E-state index in [9.17, 15) is 9.59 Å². The van der Waals surface area contributed by atoms with Crippen LogP contribution < -0.4 is 10.6 Å². The van der Waals surface area contributed by atoms with Crippen LogP contribution in [0.3, 0.4) is 0 Å². The topological polar surface area (TPSA) is 58.2 Å². The van der Waals surface area contributed by atoms with Gasteiger partial charge in [-0.05, 0) is 24.6 Å². The van der Waals surface area contributed by atoms with Crippen molar-refractivity contribution in [2.75, 3.05) is 7.05 Å². The predicted octanol–water partition coefficient (Wildman–Crippen LogP) is 1.29. The van der Waals surface area contributed by atoms with Crippen LogP contribution in [0.5, 0.6) is 0 Å². The lowest BCUT2D eigenvalue weighted by atomic mass is 10.1. The summed E-state index contributed by atoms with van der Waals surface area (Å²) in [6, 6.07) is 6.38. The van der Waals surface area contributed by atoms with Gasteiger partial charge in [-0.3, -0.25) is 9.59 Å². The van der Waals surface area contributed by atoms with Gasteiger partial charge in [0.1, 0.15) is 6.04 Å². The van der Waals surface area contributed by atoms with E-state index in [1.165, 1.54) is 7.05 Å². The molecule has 0 aliphatic carbocycles. The molecule has 0 aromatic heterocycles. The Morgan fingerprint density at radius 1 is 1.29 bits per heavy atom. The maximum atomic E-state index is 11.8. The Morgan fingerprint density at radius 3 is 2.35 bits per heavy atom. The van der Waals surface area contributed by atoms with Crippen LogP contribution in [0, 0.1) is 0 Å². The predicted molar refractivity (Wildman–Crippen MR) is 67.0 cm³/mol. The van der Waals surface area contributed by atoms with Crippen molar-refractivity contribution >= 4 is 23.4 Å². The van der Waals surface area contributed by atoms with E-state index in [1.807, 2.05) is 0 Å². The average molecular weight is 255 g/mol. The van der Waals surface area contributed by atoms with Crippen molar-refractivity contribution in [3.05, 3.63) is 35.4 Å². The molecule has 4 nitrogen and oxygen atoms in total. The van der Waals surface area contributed by atoms with Crippen LogP contribution in [0.4, 0.5) is 0 Å². The minimum atomic E-state index is -0.555. The van der Waals surface area contributed by atoms with Gasteiger partial charge in [0.2, 0.25) is 5.91 Å². The summed E-state index contributed by atoms with van der Waals surface area (Å²) in [5.41, 5.74) is 1.46. The van der Waals surface area contributed by atoms with Gasteiger partial charge in [0.15, 0.2) is 0 Å². The van der Waals surface area contributed by atoms with Crippen LogP contribution in [0.1, 0.15) is 22.8 Å². The van der Waals surface area contributed by atoms with Gasteiger partial charge in [0, 0.05) is 18.5 Å². The van der Waals surface area contributed by atoms with Crippen molar-refractivity contribution in [1.29, 1.82) is 0 Å². The molecule has 0 saturated carbocycles. The highest BCUT2D eigenvalue weighted by Crippen LogP contribution is 2.07. The Kier molecular flexibility index (Phi) is 4.97. The zero-order chi connectivity index (χ0) is 12.8. The molecule has 0 bridgehead atoms. The molecule has 1 atom stereocenters. The molecule has 1 aromatic carbocycles. The molecule has 17 heavy (non-hydrogen) atoms. The molecule has 0 fully saturated rings. The summed E-state index contributed by atoms with van der Waals surface area (Å²) in [5, 5.41) is 5.07. The summed E-state index contributed by atoms with van der Waals surface area (Å²) < 4.78 is 0. The fourth-order valence-corrected chi connectivity index (χ4v) is 1.49. The highest BCUT2D eigenvalue weighted by atomic mass is 35.5. The van der Waals surface area contributed by atoms with E-state index >= 15 is 0 Å². The molecule has 2 amide bonds. The summed E-state index contributed by atoms with van der Waals surface area (Å²) >= 11 is 5.65. The molecular formula is C12H15ClN2O2. The quantitative estimate of drug-likeness (QED) is 0.796. The standard InChI is InChI=1S/C12H15ClN2O2/c1-8(11(16)14-2)15-12(17)10-5-3-9(7-13)4-6-10/h3-6,8H,7H2,1-2H3,(H,14,16)(H,15,17). The number of hydrogen-bond acceptors (Lipinski definition) is 2. The molecule has 5 heteroatoms. The molecule has 2 N–H and O–H groups in total. The fourth-order valence-electron chi connectivity index (χ4n) is 1.31. The van der Waals surface area contributed by atoms with Crippen molar-refractivity contribution in [3.8, 4) is 0 Å². The molecule has 0 saturated heterocycles. The third-order valence-electron chi connectivity index (χ3n) is 2.36. The number of rotatable bonds is 4. The smallest absolute Gasteiger partial charge is 0.251 e. The summed E-state index contributed by atoms with van der Waals surface area (Å²) in [5.74, 6) is -0.0887. The fraction of sp³-hybridized carbons (Fsp3) is 0.333. The van der Waals surface area contributed by atoms with Crippen LogP contribution in [0.25, 0.3) is 0 Å². The second kappa shape index (κ2) is 6.25. The first-order valence-electron chi connectivity index (χ1n) is 5.26. The first-order chi connectivity index (χ1) is 8.08. The maximum Gasteiger partial charge on any atom is 0.251 e. The van der Waals surface area contributed by atoms with E-state index < -0.39 is 6.04 Å². The second-order valence-corrected chi connectivity index (χ2v) is 3.91. The lowest BCUT2D eigenvalue weighted by molar-refractivity contribution is -0.122. The van der Waals surface area contributed by atoms with E-state index in [0.29, 0.717) is 11.4 Å². The average Bonchev–Trinajstić information content (AvgIpc) is 2.37. The number of alkyl halides is 1. The minimum absolute atomic E-state index is 0.226. The Morgan fingerprint density at radius 2 is 1.88 bits per heavy atom. The van der Waals surface area contributed by atoms with Crippen molar-refractivity contribution in [1.82, 2.24) is 10.6 Å². The molecule has 0 spiro atoms. The number of likely N-dealkylation sites (N-methyl/N-ethyl adjacent to an activating group) is 1. The minimum Gasteiger partial charge on any atom is -0.357 e. The van der Waals surface area contributed by atoms with Crippen LogP contribution in [0.2, 0.25) is 0 Å². The first-order valence-corrected chi connectivity index (χ1v) is 5.79. The van der Waals surface area contributed by atoms with E-state index in [1.54, 1.807) is 31.2 Å². The van der Waals surface area contributed by atoms with Crippen LogP contribution >= 0.6 is 11.6 Å². The van der Waals surface area contributed by atoms with Crippen LogP contribution in [-0.4, -0.2) is 24.9 Å².